The van der Waals surface area contributed by atoms with Crippen molar-refractivity contribution >= 4 is 23.5 Å². The molecule has 1 aliphatic rings. The number of amides is 1. The van der Waals surface area contributed by atoms with Crippen molar-refractivity contribution in [3.8, 4) is 0 Å². The number of aromatic nitrogens is 5. The van der Waals surface area contributed by atoms with E-state index in [-0.39, 0.29) is 30.0 Å². The second-order valence-electron chi connectivity index (χ2n) is 7.80. The van der Waals surface area contributed by atoms with Crippen molar-refractivity contribution in [3.05, 3.63) is 58.4 Å². The summed E-state index contributed by atoms with van der Waals surface area (Å²) in [5.41, 5.74) is 0.165. The van der Waals surface area contributed by atoms with Crippen molar-refractivity contribution in [3.63, 3.8) is 0 Å². The van der Waals surface area contributed by atoms with Gasteiger partial charge in [-0.05, 0) is 36.6 Å². The minimum absolute atomic E-state index is 0.000355. The molecule has 1 aliphatic carbocycles. The minimum Gasteiger partial charge on any atom is -0.293 e. The smallest absolute Gasteiger partial charge is 0.293 e. The molecule has 0 aliphatic heterocycles. The van der Waals surface area contributed by atoms with Crippen molar-refractivity contribution in [1.82, 2.24) is 24.5 Å². The van der Waals surface area contributed by atoms with Gasteiger partial charge in [-0.15, -0.1) is 5.10 Å². The molecule has 1 saturated carbocycles. The van der Waals surface area contributed by atoms with Crippen LogP contribution in [-0.2, 0) is 24.1 Å². The maximum Gasteiger partial charge on any atom is 0.435 e. The number of nitrogens with one attached hydrogen (secondary N) is 1. The number of nitrogens with zero attached hydrogens (tertiary/aromatic N) is 5. The fourth-order valence-corrected chi connectivity index (χ4v) is 3.48. The van der Waals surface area contributed by atoms with Gasteiger partial charge in [-0.3, -0.25) is 14.8 Å². The number of halogens is 5. The Kier molecular flexibility index (Phi) is 5.93. The molecule has 1 aromatic carbocycles. The van der Waals surface area contributed by atoms with Gasteiger partial charge in [0.2, 0.25) is 11.9 Å². The lowest BCUT2D eigenvalue weighted by Gasteiger charge is -2.13. The maximum absolute atomic E-state index is 13.2. The van der Waals surface area contributed by atoms with Gasteiger partial charge in [0.1, 0.15) is 12.1 Å². The number of alkyl halides is 3. The number of benzene rings is 1. The first-order valence-corrected chi connectivity index (χ1v) is 10.3. The molecule has 1 N–H and O–H groups in total. The van der Waals surface area contributed by atoms with Crippen LogP contribution in [-0.4, -0.2) is 30.5 Å². The SMILES string of the molecule is CC(Cn1nc(C(F)(F)F)cc1C1CC1)C(=O)Nc1ncn(Cc2ccc(F)cc2Cl)n1. The molecular formula is C20H19ClF4N6O. The van der Waals surface area contributed by atoms with Crippen LogP contribution in [0.2, 0.25) is 5.02 Å². The van der Waals surface area contributed by atoms with E-state index in [0.717, 1.165) is 18.9 Å². The molecule has 1 unspecified atom stereocenters. The van der Waals surface area contributed by atoms with Gasteiger partial charge >= 0.3 is 6.18 Å². The molecule has 3 aromatic rings. The van der Waals surface area contributed by atoms with Gasteiger partial charge in [0, 0.05) is 16.6 Å². The normalized spacial score (nSPS) is 15.1. The second-order valence-corrected chi connectivity index (χ2v) is 8.21. The van der Waals surface area contributed by atoms with Crippen LogP contribution in [0.1, 0.15) is 42.6 Å². The summed E-state index contributed by atoms with van der Waals surface area (Å²) < 4.78 is 55.0. The fourth-order valence-electron chi connectivity index (χ4n) is 3.25. The molecular weight excluding hydrogens is 452 g/mol. The average molecular weight is 471 g/mol. The Labute approximate surface area is 185 Å². The van der Waals surface area contributed by atoms with Gasteiger partial charge in [-0.2, -0.15) is 18.3 Å². The first-order valence-electron chi connectivity index (χ1n) is 9.89. The predicted molar refractivity (Wildman–Crippen MR) is 108 cm³/mol. The van der Waals surface area contributed by atoms with E-state index >= 15 is 0 Å². The lowest BCUT2D eigenvalue weighted by atomic mass is 10.1. The highest BCUT2D eigenvalue weighted by Crippen LogP contribution is 2.42. The molecule has 1 atom stereocenters. The first kappa shape index (κ1) is 22.3. The zero-order chi connectivity index (χ0) is 23.0. The van der Waals surface area contributed by atoms with Crippen molar-refractivity contribution < 1.29 is 22.4 Å². The summed E-state index contributed by atoms with van der Waals surface area (Å²) in [4.78, 5) is 16.6. The number of anilines is 1. The Morgan fingerprint density at radius 1 is 1.28 bits per heavy atom. The zero-order valence-corrected chi connectivity index (χ0v) is 17.7. The highest BCUT2D eigenvalue weighted by Gasteiger charge is 2.38. The number of hydrogen-bond acceptors (Lipinski definition) is 4. The Morgan fingerprint density at radius 2 is 2.03 bits per heavy atom. The highest BCUT2D eigenvalue weighted by molar-refractivity contribution is 6.31. The van der Waals surface area contributed by atoms with Crippen LogP contribution in [0.15, 0.2) is 30.6 Å². The van der Waals surface area contributed by atoms with E-state index in [0.29, 0.717) is 11.3 Å². The number of carbonyl (C=O) groups excluding carboxylic acids is 1. The molecule has 170 valence electrons. The standard InChI is InChI=1S/C20H19ClF4N6O/c1-11(8-31-16(12-2-3-12)7-17(28-31)20(23,24)25)18(32)27-19-26-10-30(29-19)9-13-4-5-14(22)6-15(13)21/h4-7,10-12H,2-3,8-9H2,1H3,(H,27,29,32). The van der Waals surface area contributed by atoms with Crippen LogP contribution in [0.5, 0.6) is 0 Å². The molecule has 2 aromatic heterocycles. The monoisotopic (exact) mass is 470 g/mol. The largest absolute Gasteiger partial charge is 0.435 e. The average Bonchev–Trinajstić information content (AvgIpc) is 3.31. The summed E-state index contributed by atoms with van der Waals surface area (Å²) in [6.07, 6.45) is -1.54. The van der Waals surface area contributed by atoms with Crippen LogP contribution >= 0.6 is 11.6 Å². The number of rotatable bonds is 7. The summed E-state index contributed by atoms with van der Waals surface area (Å²) in [5, 5.41) is 10.6. The first-order chi connectivity index (χ1) is 15.1. The van der Waals surface area contributed by atoms with Gasteiger partial charge in [-0.25, -0.2) is 14.1 Å². The van der Waals surface area contributed by atoms with Crippen LogP contribution in [0.25, 0.3) is 0 Å². The third kappa shape index (κ3) is 5.09. The van der Waals surface area contributed by atoms with Gasteiger partial charge < -0.3 is 0 Å². The molecule has 7 nitrogen and oxygen atoms in total. The van der Waals surface area contributed by atoms with Crippen LogP contribution in [0.3, 0.4) is 0 Å². The van der Waals surface area contributed by atoms with Crippen molar-refractivity contribution in [2.75, 3.05) is 5.32 Å². The lowest BCUT2D eigenvalue weighted by Crippen LogP contribution is -2.26. The lowest BCUT2D eigenvalue weighted by molar-refractivity contribution is -0.141. The quantitative estimate of drug-likeness (QED) is 0.516. The van der Waals surface area contributed by atoms with Gasteiger partial charge in [0.25, 0.3) is 0 Å². The molecule has 4 rings (SSSR count). The minimum atomic E-state index is -4.54. The second kappa shape index (κ2) is 8.53. The summed E-state index contributed by atoms with van der Waals surface area (Å²) in [5.74, 6) is -1.49. The van der Waals surface area contributed by atoms with Gasteiger partial charge in [0.15, 0.2) is 5.69 Å². The summed E-state index contributed by atoms with van der Waals surface area (Å²) in [7, 11) is 0. The molecule has 0 bridgehead atoms. The molecule has 0 radical (unpaired) electrons. The van der Waals surface area contributed by atoms with E-state index in [1.807, 2.05) is 0 Å². The third-order valence-electron chi connectivity index (χ3n) is 5.11. The van der Waals surface area contributed by atoms with E-state index in [9.17, 15) is 22.4 Å². The molecule has 2 heterocycles. The van der Waals surface area contributed by atoms with E-state index in [2.05, 4.69) is 20.5 Å². The number of hydrogen-bond donors (Lipinski definition) is 1. The molecule has 0 saturated heterocycles. The van der Waals surface area contributed by atoms with E-state index in [4.69, 9.17) is 11.6 Å². The third-order valence-corrected chi connectivity index (χ3v) is 5.46. The van der Waals surface area contributed by atoms with Crippen LogP contribution in [0.4, 0.5) is 23.5 Å². The Morgan fingerprint density at radius 3 is 2.69 bits per heavy atom. The molecule has 0 spiro atoms. The summed E-state index contributed by atoms with van der Waals surface area (Å²) >= 11 is 6.01. The van der Waals surface area contributed by atoms with E-state index < -0.39 is 29.5 Å². The van der Waals surface area contributed by atoms with Crippen molar-refractivity contribution in [2.24, 2.45) is 5.92 Å². The Hall–Kier alpha value is -2.95. The van der Waals surface area contributed by atoms with Crippen molar-refractivity contribution in [2.45, 2.75) is 44.9 Å². The predicted octanol–water partition coefficient (Wildman–Crippen LogP) is 4.49. The highest BCUT2D eigenvalue weighted by atomic mass is 35.5. The molecule has 1 fully saturated rings. The van der Waals surface area contributed by atoms with E-state index in [1.165, 1.54) is 33.9 Å². The summed E-state index contributed by atoms with van der Waals surface area (Å²) in [6, 6.07) is 5.05. The number of carbonyl (C=O) groups is 1. The zero-order valence-electron chi connectivity index (χ0n) is 16.9. The van der Waals surface area contributed by atoms with Crippen LogP contribution < -0.4 is 5.32 Å². The van der Waals surface area contributed by atoms with Gasteiger partial charge in [-0.1, -0.05) is 24.6 Å². The maximum atomic E-state index is 13.2. The fraction of sp³-hybridized carbons (Fsp3) is 0.400. The molecule has 1 amide bonds. The Bertz CT molecular complexity index is 1140. The molecule has 32 heavy (non-hydrogen) atoms. The topological polar surface area (TPSA) is 77.6 Å². The Balaban J connectivity index is 1.40. The summed E-state index contributed by atoms with van der Waals surface area (Å²) in [6.45, 7) is 1.81. The molecule has 12 heteroatoms. The van der Waals surface area contributed by atoms with Crippen LogP contribution in [0, 0.1) is 11.7 Å². The van der Waals surface area contributed by atoms with Gasteiger partial charge in [0.05, 0.1) is 19.0 Å². The van der Waals surface area contributed by atoms with Crippen molar-refractivity contribution in [1.29, 1.82) is 0 Å². The van der Waals surface area contributed by atoms with E-state index in [1.54, 1.807) is 6.92 Å².